The number of aromatic amines is 1. The van der Waals surface area contributed by atoms with Crippen molar-refractivity contribution in [2.75, 3.05) is 6.67 Å². The van der Waals surface area contributed by atoms with Crippen LogP contribution in [0.2, 0.25) is 0 Å². The van der Waals surface area contributed by atoms with Gasteiger partial charge >= 0.3 is 0 Å². The Morgan fingerprint density at radius 2 is 1.84 bits per heavy atom. The van der Waals surface area contributed by atoms with E-state index in [-0.39, 0.29) is 30.2 Å². The number of hydrogen-bond acceptors (Lipinski definition) is 2. The highest BCUT2D eigenvalue weighted by Crippen LogP contribution is 2.33. The van der Waals surface area contributed by atoms with Crippen molar-refractivity contribution in [2.45, 2.75) is 31.3 Å². The highest BCUT2D eigenvalue weighted by molar-refractivity contribution is 5.93. The number of fused-ring (bicyclic) bond motifs is 1. The minimum absolute atomic E-state index is 0.0661. The monoisotopic (exact) mass is 433 g/mol. The summed E-state index contributed by atoms with van der Waals surface area (Å²) in [6.07, 6.45) is 0.205. The lowest BCUT2D eigenvalue weighted by molar-refractivity contribution is -0.127. The Hall–Kier alpha value is -3.36. The molecule has 1 aliphatic heterocycles. The molecule has 4 rings (SSSR count). The first kappa shape index (κ1) is 20.9. The van der Waals surface area contributed by atoms with E-state index in [9.17, 15) is 27.2 Å². The standard InChI is InChI=1S/C22H19F4N3O2/c23-10-14-9-18(22(31)27-14)28-19(30)6-5-15-16-7-13(25)8-17(26)21(16)29-20(15)11-1-3-12(24)4-2-11/h1-4,7-8,14,18,29H,5-6,9-10H2,(H,27,31)(H,28,30)/t14-,18+/m1/s1. The lowest BCUT2D eigenvalue weighted by Crippen LogP contribution is -2.40. The molecule has 31 heavy (non-hydrogen) atoms. The highest BCUT2D eigenvalue weighted by Gasteiger charge is 2.32. The maximum absolute atomic E-state index is 14.3. The molecule has 1 fully saturated rings. The summed E-state index contributed by atoms with van der Waals surface area (Å²) in [5.74, 6) is -2.89. The number of benzene rings is 2. The smallest absolute Gasteiger partial charge is 0.242 e. The number of halogens is 4. The number of alkyl halides is 1. The molecule has 0 saturated carbocycles. The van der Waals surface area contributed by atoms with Crippen molar-refractivity contribution >= 4 is 22.7 Å². The van der Waals surface area contributed by atoms with Crippen molar-refractivity contribution in [3.63, 3.8) is 0 Å². The fraction of sp³-hybridized carbons (Fsp3) is 0.273. The van der Waals surface area contributed by atoms with Gasteiger partial charge in [-0.05, 0) is 54.3 Å². The van der Waals surface area contributed by atoms with Crippen LogP contribution in [-0.4, -0.2) is 35.6 Å². The number of amides is 2. The van der Waals surface area contributed by atoms with Gasteiger partial charge < -0.3 is 15.6 Å². The molecule has 0 radical (unpaired) electrons. The van der Waals surface area contributed by atoms with E-state index in [4.69, 9.17) is 0 Å². The van der Waals surface area contributed by atoms with E-state index in [1.165, 1.54) is 30.3 Å². The molecule has 3 N–H and O–H groups in total. The third-order valence-electron chi connectivity index (χ3n) is 5.37. The van der Waals surface area contributed by atoms with E-state index >= 15 is 0 Å². The van der Waals surface area contributed by atoms with Crippen molar-refractivity contribution < 1.29 is 27.2 Å². The summed E-state index contributed by atoms with van der Waals surface area (Å²) >= 11 is 0. The number of rotatable bonds is 6. The topological polar surface area (TPSA) is 74.0 Å². The van der Waals surface area contributed by atoms with Gasteiger partial charge in [-0.25, -0.2) is 17.6 Å². The number of H-pyrrole nitrogens is 1. The first-order valence-corrected chi connectivity index (χ1v) is 9.77. The predicted octanol–water partition coefficient (Wildman–Crippen LogP) is 3.53. The Bertz CT molecular complexity index is 1140. The number of hydrogen-bond donors (Lipinski definition) is 3. The average Bonchev–Trinajstić information content (AvgIpc) is 3.27. The molecule has 9 heteroatoms. The van der Waals surface area contributed by atoms with Crippen LogP contribution in [0, 0.1) is 17.5 Å². The molecule has 0 spiro atoms. The number of aryl methyl sites for hydroxylation is 1. The molecular weight excluding hydrogens is 414 g/mol. The van der Waals surface area contributed by atoms with Crippen molar-refractivity contribution in [2.24, 2.45) is 0 Å². The average molecular weight is 433 g/mol. The third kappa shape index (κ3) is 4.26. The predicted molar refractivity (Wildman–Crippen MR) is 106 cm³/mol. The molecule has 5 nitrogen and oxygen atoms in total. The number of aromatic nitrogens is 1. The van der Waals surface area contributed by atoms with Gasteiger partial charge in [-0.2, -0.15) is 0 Å². The van der Waals surface area contributed by atoms with Crippen molar-refractivity contribution in [3.05, 3.63) is 59.4 Å². The summed E-state index contributed by atoms with van der Waals surface area (Å²) in [4.78, 5) is 27.1. The summed E-state index contributed by atoms with van der Waals surface area (Å²) in [7, 11) is 0. The molecule has 1 saturated heterocycles. The van der Waals surface area contributed by atoms with Crippen LogP contribution in [0.15, 0.2) is 36.4 Å². The van der Waals surface area contributed by atoms with Crippen LogP contribution < -0.4 is 10.6 Å². The summed E-state index contributed by atoms with van der Waals surface area (Å²) in [5, 5.41) is 5.30. The van der Waals surface area contributed by atoms with Crippen LogP contribution in [0.25, 0.3) is 22.2 Å². The van der Waals surface area contributed by atoms with Crippen LogP contribution in [0.1, 0.15) is 18.4 Å². The molecular formula is C22H19F4N3O2. The van der Waals surface area contributed by atoms with Crippen LogP contribution in [0.3, 0.4) is 0 Å². The normalized spacial score (nSPS) is 18.4. The largest absolute Gasteiger partial charge is 0.352 e. The number of carbonyl (C=O) groups is 2. The summed E-state index contributed by atoms with van der Waals surface area (Å²) in [6.45, 7) is -0.717. The SMILES string of the molecule is O=C(CCc1c(-c2ccc(F)cc2)[nH]c2c(F)cc(F)cc12)N[C@H]1C[C@H](CF)NC1=O. The maximum Gasteiger partial charge on any atom is 0.242 e. The Balaban J connectivity index is 1.60. The second-order valence-corrected chi connectivity index (χ2v) is 7.51. The van der Waals surface area contributed by atoms with E-state index < -0.39 is 48.0 Å². The van der Waals surface area contributed by atoms with Crippen LogP contribution >= 0.6 is 0 Å². The van der Waals surface area contributed by atoms with Gasteiger partial charge in [0.15, 0.2) is 0 Å². The maximum atomic E-state index is 14.3. The molecule has 2 atom stereocenters. The Morgan fingerprint density at radius 3 is 2.52 bits per heavy atom. The lowest BCUT2D eigenvalue weighted by atomic mass is 10.0. The molecule has 1 aromatic heterocycles. The van der Waals surface area contributed by atoms with E-state index in [2.05, 4.69) is 15.6 Å². The molecule has 1 aliphatic rings. The molecule has 2 aromatic carbocycles. The molecule has 0 unspecified atom stereocenters. The van der Waals surface area contributed by atoms with Gasteiger partial charge in [-0.15, -0.1) is 0 Å². The second-order valence-electron chi connectivity index (χ2n) is 7.51. The zero-order valence-corrected chi connectivity index (χ0v) is 16.3. The second kappa shape index (κ2) is 8.41. The fourth-order valence-corrected chi connectivity index (χ4v) is 3.88. The summed E-state index contributed by atoms with van der Waals surface area (Å²) in [5.41, 5.74) is 1.57. The lowest BCUT2D eigenvalue weighted by Gasteiger charge is -2.11. The fourth-order valence-electron chi connectivity index (χ4n) is 3.88. The van der Waals surface area contributed by atoms with Crippen LogP contribution in [-0.2, 0) is 16.0 Å². The van der Waals surface area contributed by atoms with Crippen molar-refractivity contribution in [3.8, 4) is 11.3 Å². The van der Waals surface area contributed by atoms with Gasteiger partial charge in [-0.3, -0.25) is 9.59 Å². The molecule has 0 aliphatic carbocycles. The zero-order chi connectivity index (χ0) is 22.1. The van der Waals surface area contributed by atoms with Gasteiger partial charge in [-0.1, -0.05) is 0 Å². The molecule has 0 bridgehead atoms. The third-order valence-corrected chi connectivity index (χ3v) is 5.37. The summed E-state index contributed by atoms with van der Waals surface area (Å²) in [6, 6.07) is 5.97. The van der Waals surface area contributed by atoms with Gasteiger partial charge in [0.1, 0.15) is 30.2 Å². The van der Waals surface area contributed by atoms with Gasteiger partial charge in [0.25, 0.3) is 0 Å². The van der Waals surface area contributed by atoms with E-state index in [0.717, 1.165) is 6.07 Å². The quantitative estimate of drug-likeness (QED) is 0.521. The summed E-state index contributed by atoms with van der Waals surface area (Å²) < 4.78 is 54.3. The molecule has 162 valence electrons. The van der Waals surface area contributed by atoms with E-state index in [1.54, 1.807) is 0 Å². The van der Waals surface area contributed by atoms with Crippen molar-refractivity contribution in [1.29, 1.82) is 0 Å². The van der Waals surface area contributed by atoms with Crippen LogP contribution in [0.4, 0.5) is 17.6 Å². The number of nitrogens with one attached hydrogen (secondary N) is 3. The highest BCUT2D eigenvalue weighted by atomic mass is 19.1. The van der Waals surface area contributed by atoms with Crippen molar-refractivity contribution in [1.82, 2.24) is 15.6 Å². The van der Waals surface area contributed by atoms with Gasteiger partial charge in [0.05, 0.1) is 11.6 Å². The van der Waals surface area contributed by atoms with E-state index in [0.29, 0.717) is 16.8 Å². The molecule has 2 heterocycles. The first-order chi connectivity index (χ1) is 14.9. The van der Waals surface area contributed by atoms with Gasteiger partial charge in [0, 0.05) is 23.6 Å². The minimum Gasteiger partial charge on any atom is -0.352 e. The Kier molecular flexibility index (Phi) is 5.67. The number of carbonyl (C=O) groups excluding carboxylic acids is 2. The Labute approximate surface area is 174 Å². The first-order valence-electron chi connectivity index (χ1n) is 9.77. The van der Waals surface area contributed by atoms with Gasteiger partial charge in [0.2, 0.25) is 11.8 Å². The van der Waals surface area contributed by atoms with E-state index in [1.807, 2.05) is 0 Å². The molecule has 3 aromatic rings. The Morgan fingerprint density at radius 1 is 1.10 bits per heavy atom. The van der Waals surface area contributed by atoms with Crippen LogP contribution in [0.5, 0.6) is 0 Å². The zero-order valence-electron chi connectivity index (χ0n) is 16.3. The molecule has 2 amide bonds. The minimum atomic E-state index is -0.817.